The fourth-order valence-electron chi connectivity index (χ4n) is 2.22. The molecule has 1 N–H and O–H groups in total. The number of carbonyl (C=O) groups is 1. The number of hydroxylamine groups is 2. The Hall–Kier alpha value is -0.610. The predicted molar refractivity (Wildman–Crippen MR) is 57.1 cm³/mol. The first-order chi connectivity index (χ1) is 7.29. The molecule has 4 heteroatoms. The second kappa shape index (κ2) is 4.94. The molecule has 2 aliphatic heterocycles. The molecule has 0 aromatic rings. The van der Waals surface area contributed by atoms with Gasteiger partial charge in [0.2, 0.25) is 5.91 Å². The van der Waals surface area contributed by atoms with Crippen LogP contribution in [-0.2, 0) is 9.63 Å². The number of hydrogen-bond acceptors (Lipinski definition) is 3. The van der Waals surface area contributed by atoms with Crippen molar-refractivity contribution in [2.45, 2.75) is 51.2 Å². The Bertz CT molecular complexity index is 227. The summed E-state index contributed by atoms with van der Waals surface area (Å²) >= 11 is 0. The van der Waals surface area contributed by atoms with Crippen LogP contribution in [0.2, 0.25) is 0 Å². The summed E-state index contributed by atoms with van der Waals surface area (Å²) in [6.45, 7) is 3.85. The van der Waals surface area contributed by atoms with E-state index >= 15 is 0 Å². The Morgan fingerprint density at radius 3 is 3.00 bits per heavy atom. The number of piperidine rings is 1. The van der Waals surface area contributed by atoms with Crippen molar-refractivity contribution in [3.05, 3.63) is 0 Å². The minimum Gasteiger partial charge on any atom is -0.312 e. The molecule has 0 spiro atoms. The molecule has 4 nitrogen and oxygen atoms in total. The molecule has 2 aliphatic rings. The standard InChI is InChI=1S/C11H20N2O2/c1-2-10-7-11(14)13(15-10)8-9-5-3-4-6-12-9/h9-10,12H,2-8H2,1H3. The van der Waals surface area contributed by atoms with Gasteiger partial charge in [-0.15, -0.1) is 0 Å². The van der Waals surface area contributed by atoms with Crippen LogP contribution in [-0.4, -0.2) is 36.2 Å². The van der Waals surface area contributed by atoms with Crippen molar-refractivity contribution >= 4 is 5.91 Å². The molecule has 15 heavy (non-hydrogen) atoms. The lowest BCUT2D eigenvalue weighted by Crippen LogP contribution is -2.43. The van der Waals surface area contributed by atoms with E-state index in [9.17, 15) is 4.79 Å². The summed E-state index contributed by atoms with van der Waals surface area (Å²) < 4.78 is 0. The van der Waals surface area contributed by atoms with Gasteiger partial charge in [-0.25, -0.2) is 5.06 Å². The first-order valence-electron chi connectivity index (χ1n) is 6.00. The van der Waals surface area contributed by atoms with E-state index in [1.165, 1.54) is 12.8 Å². The first-order valence-corrected chi connectivity index (χ1v) is 6.00. The largest absolute Gasteiger partial charge is 0.312 e. The van der Waals surface area contributed by atoms with E-state index in [4.69, 9.17) is 4.84 Å². The highest BCUT2D eigenvalue weighted by Crippen LogP contribution is 2.19. The molecule has 86 valence electrons. The third kappa shape index (κ3) is 2.69. The zero-order valence-corrected chi connectivity index (χ0v) is 9.37. The third-order valence-corrected chi connectivity index (χ3v) is 3.21. The molecule has 0 bridgehead atoms. The van der Waals surface area contributed by atoms with E-state index in [1.807, 2.05) is 0 Å². The monoisotopic (exact) mass is 212 g/mol. The van der Waals surface area contributed by atoms with Crippen molar-refractivity contribution in [1.82, 2.24) is 10.4 Å². The molecule has 2 unspecified atom stereocenters. The van der Waals surface area contributed by atoms with Crippen LogP contribution in [0.1, 0.15) is 39.0 Å². The fraction of sp³-hybridized carbons (Fsp3) is 0.909. The number of amides is 1. The van der Waals surface area contributed by atoms with Crippen molar-refractivity contribution in [3.63, 3.8) is 0 Å². The van der Waals surface area contributed by atoms with Crippen LogP contribution >= 0.6 is 0 Å². The number of nitrogens with zero attached hydrogens (tertiary/aromatic N) is 1. The molecule has 2 rings (SSSR count). The van der Waals surface area contributed by atoms with Crippen molar-refractivity contribution in [1.29, 1.82) is 0 Å². The normalized spacial score (nSPS) is 32.3. The lowest BCUT2D eigenvalue weighted by atomic mass is 10.1. The third-order valence-electron chi connectivity index (χ3n) is 3.21. The van der Waals surface area contributed by atoms with Gasteiger partial charge in [-0.3, -0.25) is 9.63 Å². The van der Waals surface area contributed by atoms with E-state index in [1.54, 1.807) is 5.06 Å². The second-order valence-corrected chi connectivity index (χ2v) is 4.44. The van der Waals surface area contributed by atoms with Crippen LogP contribution in [0.15, 0.2) is 0 Å². The first kappa shape index (κ1) is 10.9. The van der Waals surface area contributed by atoms with E-state index in [0.717, 1.165) is 25.9 Å². The Morgan fingerprint density at radius 2 is 2.40 bits per heavy atom. The second-order valence-electron chi connectivity index (χ2n) is 4.44. The van der Waals surface area contributed by atoms with Gasteiger partial charge in [-0.1, -0.05) is 13.3 Å². The quantitative estimate of drug-likeness (QED) is 0.761. The highest BCUT2D eigenvalue weighted by molar-refractivity contribution is 5.77. The zero-order valence-electron chi connectivity index (χ0n) is 9.37. The van der Waals surface area contributed by atoms with Gasteiger partial charge in [-0.2, -0.15) is 0 Å². The number of nitrogens with one attached hydrogen (secondary N) is 1. The lowest BCUT2D eigenvalue weighted by molar-refractivity contribution is -0.175. The summed E-state index contributed by atoms with van der Waals surface area (Å²) in [4.78, 5) is 17.2. The average molecular weight is 212 g/mol. The molecule has 2 fully saturated rings. The van der Waals surface area contributed by atoms with Crippen LogP contribution in [0.25, 0.3) is 0 Å². The Morgan fingerprint density at radius 1 is 1.53 bits per heavy atom. The summed E-state index contributed by atoms with van der Waals surface area (Å²) in [7, 11) is 0. The molecular formula is C11H20N2O2. The topological polar surface area (TPSA) is 41.6 Å². The summed E-state index contributed by atoms with van der Waals surface area (Å²) in [5.74, 6) is 0.147. The minimum atomic E-state index is 0.112. The van der Waals surface area contributed by atoms with Crippen molar-refractivity contribution in [3.8, 4) is 0 Å². The summed E-state index contributed by atoms with van der Waals surface area (Å²) in [5, 5.41) is 4.99. The molecule has 0 saturated carbocycles. The van der Waals surface area contributed by atoms with E-state index in [0.29, 0.717) is 12.5 Å². The summed E-state index contributed by atoms with van der Waals surface area (Å²) in [6.07, 6.45) is 5.26. The maximum absolute atomic E-state index is 11.6. The molecule has 2 saturated heterocycles. The van der Waals surface area contributed by atoms with E-state index in [-0.39, 0.29) is 12.0 Å². The molecule has 2 atom stereocenters. The van der Waals surface area contributed by atoms with Gasteiger partial charge in [-0.05, 0) is 25.8 Å². The Kier molecular flexibility index (Phi) is 3.59. The highest BCUT2D eigenvalue weighted by Gasteiger charge is 2.31. The summed E-state index contributed by atoms with van der Waals surface area (Å²) in [5.41, 5.74) is 0. The summed E-state index contributed by atoms with van der Waals surface area (Å²) in [6, 6.07) is 0.429. The molecule has 2 heterocycles. The Balaban J connectivity index is 1.81. The Labute approximate surface area is 90.9 Å². The van der Waals surface area contributed by atoms with Gasteiger partial charge < -0.3 is 5.32 Å². The van der Waals surface area contributed by atoms with Crippen LogP contribution in [0.5, 0.6) is 0 Å². The van der Waals surface area contributed by atoms with Crippen LogP contribution in [0.3, 0.4) is 0 Å². The van der Waals surface area contributed by atoms with Gasteiger partial charge in [0.25, 0.3) is 0 Å². The smallest absolute Gasteiger partial charge is 0.248 e. The lowest BCUT2D eigenvalue weighted by Gasteiger charge is -2.27. The average Bonchev–Trinajstić information content (AvgIpc) is 2.61. The molecule has 1 amide bonds. The fourth-order valence-corrected chi connectivity index (χ4v) is 2.22. The number of carbonyl (C=O) groups excluding carboxylic acids is 1. The molecule has 0 radical (unpaired) electrons. The van der Waals surface area contributed by atoms with Crippen LogP contribution in [0, 0.1) is 0 Å². The SMILES string of the molecule is CCC1CC(=O)N(CC2CCCCN2)O1. The maximum Gasteiger partial charge on any atom is 0.248 e. The van der Waals surface area contributed by atoms with E-state index < -0.39 is 0 Å². The van der Waals surface area contributed by atoms with Gasteiger partial charge in [0.1, 0.15) is 0 Å². The molecule has 0 aliphatic carbocycles. The highest BCUT2D eigenvalue weighted by atomic mass is 16.7. The van der Waals surface area contributed by atoms with Gasteiger partial charge in [0.05, 0.1) is 19.1 Å². The van der Waals surface area contributed by atoms with Crippen molar-refractivity contribution in [2.75, 3.05) is 13.1 Å². The van der Waals surface area contributed by atoms with Crippen molar-refractivity contribution < 1.29 is 9.63 Å². The molecular weight excluding hydrogens is 192 g/mol. The van der Waals surface area contributed by atoms with Crippen LogP contribution in [0.4, 0.5) is 0 Å². The molecule has 0 aromatic carbocycles. The maximum atomic E-state index is 11.6. The van der Waals surface area contributed by atoms with Gasteiger partial charge >= 0.3 is 0 Å². The zero-order chi connectivity index (χ0) is 10.7. The molecule has 0 aromatic heterocycles. The van der Waals surface area contributed by atoms with Crippen LogP contribution < -0.4 is 5.32 Å². The van der Waals surface area contributed by atoms with Crippen molar-refractivity contribution in [2.24, 2.45) is 0 Å². The van der Waals surface area contributed by atoms with Gasteiger partial charge in [0, 0.05) is 6.04 Å². The van der Waals surface area contributed by atoms with E-state index in [2.05, 4.69) is 12.2 Å². The predicted octanol–water partition coefficient (Wildman–Crippen LogP) is 1.07. The minimum absolute atomic E-state index is 0.112. The number of rotatable bonds is 3. The number of hydrogen-bond donors (Lipinski definition) is 1. The van der Waals surface area contributed by atoms with Gasteiger partial charge in [0.15, 0.2) is 0 Å².